The second-order valence-electron chi connectivity index (χ2n) is 4.49. The Hall–Kier alpha value is -1.09. The zero-order chi connectivity index (χ0) is 13.8. The second kappa shape index (κ2) is 6.38. The summed E-state index contributed by atoms with van der Waals surface area (Å²) in [5.74, 6) is 0.0431. The molecule has 1 saturated heterocycles. The molecule has 0 aliphatic carbocycles. The van der Waals surface area contributed by atoms with Gasteiger partial charge in [0.25, 0.3) is 5.91 Å². The van der Waals surface area contributed by atoms with Crippen LogP contribution in [-0.4, -0.2) is 47.9 Å². The summed E-state index contributed by atoms with van der Waals surface area (Å²) < 4.78 is 0.637. The number of hydrogen-bond acceptors (Lipinski definition) is 4. The standard InChI is InChI=1S/C13H16ClN3OS/c1-2-10(9-15)16-5-7-17(8-6-16)13(18)11-3-4-12(14)19-11/h3-4,10H,2,5-8H2,1H3. The molecule has 0 N–H and O–H groups in total. The van der Waals surface area contributed by atoms with Crippen LogP contribution in [0.4, 0.5) is 0 Å². The molecule has 0 aromatic carbocycles. The molecule has 1 aromatic heterocycles. The van der Waals surface area contributed by atoms with E-state index >= 15 is 0 Å². The molecule has 1 amide bonds. The van der Waals surface area contributed by atoms with Crippen molar-refractivity contribution in [3.05, 3.63) is 21.3 Å². The first-order valence-electron chi connectivity index (χ1n) is 6.34. The molecule has 2 heterocycles. The monoisotopic (exact) mass is 297 g/mol. The zero-order valence-electron chi connectivity index (χ0n) is 10.8. The molecule has 1 atom stereocenters. The third-order valence-electron chi connectivity index (χ3n) is 3.36. The van der Waals surface area contributed by atoms with Crippen molar-refractivity contribution in [2.75, 3.05) is 26.2 Å². The molecule has 0 spiro atoms. The number of rotatable bonds is 3. The maximum absolute atomic E-state index is 12.2. The molecular weight excluding hydrogens is 282 g/mol. The van der Waals surface area contributed by atoms with E-state index in [4.69, 9.17) is 16.9 Å². The molecule has 0 radical (unpaired) electrons. The number of carbonyl (C=O) groups excluding carboxylic acids is 1. The lowest BCUT2D eigenvalue weighted by molar-refractivity contribution is 0.0609. The minimum absolute atomic E-state index is 0.0339. The van der Waals surface area contributed by atoms with Crippen molar-refractivity contribution < 1.29 is 4.79 Å². The largest absolute Gasteiger partial charge is 0.335 e. The van der Waals surface area contributed by atoms with Crippen molar-refractivity contribution in [1.29, 1.82) is 5.26 Å². The first-order valence-corrected chi connectivity index (χ1v) is 7.53. The Kier molecular flexibility index (Phi) is 4.81. The van der Waals surface area contributed by atoms with Gasteiger partial charge in [0.05, 0.1) is 21.3 Å². The molecule has 1 aromatic rings. The van der Waals surface area contributed by atoms with Gasteiger partial charge < -0.3 is 4.90 Å². The van der Waals surface area contributed by atoms with Crippen LogP contribution in [0.2, 0.25) is 4.34 Å². The van der Waals surface area contributed by atoms with E-state index in [1.165, 1.54) is 11.3 Å². The highest BCUT2D eigenvalue weighted by Crippen LogP contribution is 2.23. The van der Waals surface area contributed by atoms with Gasteiger partial charge in [-0.15, -0.1) is 11.3 Å². The fraction of sp³-hybridized carbons (Fsp3) is 0.538. The molecule has 1 aliphatic heterocycles. The van der Waals surface area contributed by atoms with Gasteiger partial charge in [0.15, 0.2) is 0 Å². The first-order chi connectivity index (χ1) is 9.15. The fourth-order valence-electron chi connectivity index (χ4n) is 2.25. The van der Waals surface area contributed by atoms with Gasteiger partial charge >= 0.3 is 0 Å². The highest BCUT2D eigenvalue weighted by molar-refractivity contribution is 7.17. The predicted octanol–water partition coefficient (Wildman–Crippen LogP) is 2.46. The normalized spacial score (nSPS) is 18.1. The van der Waals surface area contributed by atoms with Crippen molar-refractivity contribution in [3.8, 4) is 6.07 Å². The van der Waals surface area contributed by atoms with Crippen molar-refractivity contribution in [1.82, 2.24) is 9.80 Å². The molecule has 1 aliphatic rings. The van der Waals surface area contributed by atoms with E-state index in [-0.39, 0.29) is 11.9 Å². The molecule has 0 bridgehead atoms. The Morgan fingerprint density at radius 1 is 1.47 bits per heavy atom. The summed E-state index contributed by atoms with van der Waals surface area (Å²) in [6.45, 7) is 4.88. The predicted molar refractivity (Wildman–Crippen MR) is 76.5 cm³/mol. The summed E-state index contributed by atoms with van der Waals surface area (Å²) in [5.41, 5.74) is 0. The fourth-order valence-corrected chi connectivity index (χ4v) is 3.26. The van der Waals surface area contributed by atoms with E-state index < -0.39 is 0 Å². The van der Waals surface area contributed by atoms with Crippen molar-refractivity contribution in [2.24, 2.45) is 0 Å². The number of amides is 1. The molecule has 0 saturated carbocycles. The van der Waals surface area contributed by atoms with Crippen molar-refractivity contribution in [2.45, 2.75) is 19.4 Å². The number of nitrogens with zero attached hydrogens (tertiary/aromatic N) is 3. The molecule has 102 valence electrons. The van der Waals surface area contributed by atoms with E-state index in [9.17, 15) is 4.79 Å². The summed E-state index contributed by atoms with van der Waals surface area (Å²) in [6.07, 6.45) is 0.824. The zero-order valence-corrected chi connectivity index (χ0v) is 12.4. The number of carbonyl (C=O) groups is 1. The third kappa shape index (κ3) is 3.27. The molecule has 4 nitrogen and oxygen atoms in total. The quantitative estimate of drug-likeness (QED) is 0.861. The average Bonchev–Trinajstić information content (AvgIpc) is 2.87. The summed E-state index contributed by atoms with van der Waals surface area (Å²) >= 11 is 7.16. The minimum atomic E-state index is -0.0339. The number of hydrogen-bond donors (Lipinski definition) is 0. The lowest BCUT2D eigenvalue weighted by Crippen LogP contribution is -2.51. The third-order valence-corrected chi connectivity index (χ3v) is 4.58. The van der Waals surface area contributed by atoms with Gasteiger partial charge in [0, 0.05) is 26.2 Å². The van der Waals surface area contributed by atoms with Gasteiger partial charge in [0.2, 0.25) is 0 Å². The second-order valence-corrected chi connectivity index (χ2v) is 6.20. The SMILES string of the molecule is CCC(C#N)N1CCN(C(=O)c2ccc(Cl)s2)CC1. The number of piperazine rings is 1. The van der Waals surface area contributed by atoms with Gasteiger partial charge in [0.1, 0.15) is 0 Å². The number of halogens is 1. The van der Waals surface area contributed by atoms with Gasteiger partial charge in [-0.25, -0.2) is 0 Å². The van der Waals surface area contributed by atoms with Crippen LogP contribution in [0.5, 0.6) is 0 Å². The van der Waals surface area contributed by atoms with Crippen molar-refractivity contribution >= 4 is 28.8 Å². The highest BCUT2D eigenvalue weighted by atomic mass is 35.5. The van der Waals surface area contributed by atoms with Crippen LogP contribution in [0.25, 0.3) is 0 Å². The first kappa shape index (κ1) is 14.3. The summed E-state index contributed by atoms with van der Waals surface area (Å²) in [5, 5.41) is 9.05. The van der Waals surface area contributed by atoms with Gasteiger partial charge in [-0.1, -0.05) is 18.5 Å². The number of thiophene rings is 1. The lowest BCUT2D eigenvalue weighted by atomic mass is 10.2. The van der Waals surface area contributed by atoms with Crippen molar-refractivity contribution in [3.63, 3.8) is 0 Å². The topological polar surface area (TPSA) is 47.3 Å². The summed E-state index contributed by atoms with van der Waals surface area (Å²) in [6, 6.07) is 5.79. The highest BCUT2D eigenvalue weighted by Gasteiger charge is 2.26. The molecule has 19 heavy (non-hydrogen) atoms. The Labute approximate surface area is 122 Å². The van der Waals surface area contributed by atoms with Gasteiger partial charge in [-0.05, 0) is 18.6 Å². The van der Waals surface area contributed by atoms with Gasteiger partial charge in [-0.2, -0.15) is 5.26 Å². The summed E-state index contributed by atoms with van der Waals surface area (Å²) in [7, 11) is 0. The maximum Gasteiger partial charge on any atom is 0.264 e. The molecule has 2 rings (SSSR count). The van der Waals surface area contributed by atoms with Gasteiger partial charge in [-0.3, -0.25) is 9.69 Å². The van der Waals surface area contributed by atoms with Crippen LogP contribution in [0, 0.1) is 11.3 Å². The number of nitriles is 1. The summed E-state index contributed by atoms with van der Waals surface area (Å²) in [4.78, 5) is 16.9. The van der Waals surface area contributed by atoms with Crippen LogP contribution in [0.1, 0.15) is 23.0 Å². The van der Waals surface area contributed by atoms with E-state index in [0.717, 1.165) is 19.5 Å². The molecular formula is C13H16ClN3OS. The van der Waals surface area contributed by atoms with E-state index in [1.54, 1.807) is 12.1 Å². The Balaban J connectivity index is 1.93. The molecule has 6 heteroatoms. The minimum Gasteiger partial charge on any atom is -0.335 e. The smallest absolute Gasteiger partial charge is 0.264 e. The lowest BCUT2D eigenvalue weighted by Gasteiger charge is -2.36. The maximum atomic E-state index is 12.2. The average molecular weight is 298 g/mol. The van der Waals surface area contributed by atoms with Crippen LogP contribution >= 0.6 is 22.9 Å². The molecule has 1 unspecified atom stereocenters. The van der Waals surface area contributed by atoms with Crippen LogP contribution in [-0.2, 0) is 0 Å². The Bertz CT molecular complexity index is 488. The van der Waals surface area contributed by atoms with Crippen LogP contribution in [0.15, 0.2) is 12.1 Å². The van der Waals surface area contributed by atoms with E-state index in [2.05, 4.69) is 11.0 Å². The molecule has 1 fully saturated rings. The van der Waals surface area contributed by atoms with E-state index in [0.29, 0.717) is 22.3 Å². The Morgan fingerprint density at radius 2 is 2.16 bits per heavy atom. The van der Waals surface area contributed by atoms with Crippen LogP contribution < -0.4 is 0 Å². The van der Waals surface area contributed by atoms with Crippen LogP contribution in [0.3, 0.4) is 0 Å². The Morgan fingerprint density at radius 3 is 2.63 bits per heavy atom. The van der Waals surface area contributed by atoms with E-state index in [1.807, 2.05) is 11.8 Å².